The number of aromatic amines is 2. The molecule has 1 fully saturated rings. The van der Waals surface area contributed by atoms with Crippen LogP contribution in [0.4, 0.5) is 11.4 Å². The van der Waals surface area contributed by atoms with Gasteiger partial charge in [0.1, 0.15) is 17.1 Å². The second-order valence-corrected chi connectivity index (χ2v) is 10.7. The number of methoxy groups -OCH3 is 1. The number of piperazine rings is 1. The Kier molecular flexibility index (Phi) is 8.40. The molecule has 11 heteroatoms. The van der Waals surface area contributed by atoms with Crippen molar-refractivity contribution < 1.29 is 9.84 Å². The summed E-state index contributed by atoms with van der Waals surface area (Å²) in [6, 6.07) is 13.6. The first kappa shape index (κ1) is 27.7. The van der Waals surface area contributed by atoms with Crippen molar-refractivity contribution in [3.05, 3.63) is 68.5 Å². The van der Waals surface area contributed by atoms with Gasteiger partial charge in [0.05, 0.1) is 40.5 Å². The summed E-state index contributed by atoms with van der Waals surface area (Å²) in [7, 11) is 1.59. The maximum atomic E-state index is 13.0. The SMILES string of the molecule is COc1ccc([C@H](O)CNc2cc[nH]c(=O)c2-c2nc3c(C)cc(N4CCN(CCC#N)CC4)cc3[nH]2)cc1Br. The fourth-order valence-electron chi connectivity index (χ4n) is 5.09. The third kappa shape index (κ3) is 5.84. The lowest BCUT2D eigenvalue weighted by Crippen LogP contribution is -2.46. The zero-order valence-electron chi connectivity index (χ0n) is 22.5. The van der Waals surface area contributed by atoms with E-state index in [0.717, 1.165) is 59.5 Å². The van der Waals surface area contributed by atoms with Gasteiger partial charge in [-0.15, -0.1) is 0 Å². The summed E-state index contributed by atoms with van der Waals surface area (Å²) >= 11 is 3.46. The molecule has 40 heavy (non-hydrogen) atoms. The molecule has 1 atom stereocenters. The van der Waals surface area contributed by atoms with Gasteiger partial charge in [-0.1, -0.05) is 6.07 Å². The Labute approximate surface area is 240 Å². The molecule has 4 N–H and O–H groups in total. The minimum Gasteiger partial charge on any atom is -0.496 e. The Morgan fingerprint density at radius 1 is 1.23 bits per heavy atom. The number of rotatable bonds is 9. The van der Waals surface area contributed by atoms with Crippen LogP contribution < -0.4 is 20.5 Å². The van der Waals surface area contributed by atoms with Crippen molar-refractivity contribution in [1.82, 2.24) is 19.9 Å². The zero-order valence-corrected chi connectivity index (χ0v) is 24.1. The highest BCUT2D eigenvalue weighted by Crippen LogP contribution is 2.31. The van der Waals surface area contributed by atoms with Gasteiger partial charge >= 0.3 is 0 Å². The number of imidazole rings is 1. The number of anilines is 2. The van der Waals surface area contributed by atoms with E-state index in [1.165, 1.54) is 0 Å². The Morgan fingerprint density at radius 3 is 2.75 bits per heavy atom. The summed E-state index contributed by atoms with van der Waals surface area (Å²) in [6.07, 6.45) is 1.32. The Bertz CT molecular complexity index is 1600. The van der Waals surface area contributed by atoms with E-state index in [1.807, 2.05) is 13.0 Å². The molecule has 208 valence electrons. The largest absolute Gasteiger partial charge is 0.496 e. The molecular weight excluding hydrogens is 574 g/mol. The monoisotopic (exact) mass is 605 g/mol. The number of halogens is 1. The molecule has 0 spiro atoms. The number of ether oxygens (including phenoxy) is 1. The van der Waals surface area contributed by atoms with Crippen molar-refractivity contribution in [2.45, 2.75) is 19.4 Å². The van der Waals surface area contributed by atoms with E-state index in [-0.39, 0.29) is 12.1 Å². The summed E-state index contributed by atoms with van der Waals surface area (Å²) in [6.45, 7) is 6.63. The van der Waals surface area contributed by atoms with Crippen LogP contribution >= 0.6 is 15.9 Å². The van der Waals surface area contributed by atoms with Gasteiger partial charge < -0.3 is 30.0 Å². The maximum absolute atomic E-state index is 13.0. The topological polar surface area (TPSA) is 133 Å². The van der Waals surface area contributed by atoms with Gasteiger partial charge in [-0.25, -0.2) is 4.98 Å². The van der Waals surface area contributed by atoms with E-state index in [0.29, 0.717) is 34.8 Å². The van der Waals surface area contributed by atoms with Crippen LogP contribution in [-0.2, 0) is 0 Å². The van der Waals surface area contributed by atoms with Gasteiger partial charge in [0.15, 0.2) is 0 Å². The number of aliphatic hydroxyl groups excluding tert-OH is 1. The van der Waals surface area contributed by atoms with Crippen molar-refractivity contribution in [2.24, 2.45) is 0 Å². The van der Waals surface area contributed by atoms with Crippen LogP contribution in [-0.4, -0.2) is 71.3 Å². The Morgan fingerprint density at radius 2 is 2.02 bits per heavy atom. The van der Waals surface area contributed by atoms with Gasteiger partial charge in [0.2, 0.25) is 0 Å². The molecule has 3 heterocycles. The normalized spacial score (nSPS) is 14.7. The molecule has 0 bridgehead atoms. The molecule has 0 unspecified atom stereocenters. The molecule has 4 aromatic rings. The smallest absolute Gasteiger partial charge is 0.261 e. The summed E-state index contributed by atoms with van der Waals surface area (Å²) in [5.74, 6) is 1.14. The van der Waals surface area contributed by atoms with E-state index in [9.17, 15) is 9.90 Å². The van der Waals surface area contributed by atoms with Gasteiger partial charge in [0.25, 0.3) is 5.56 Å². The number of nitrogens with zero attached hydrogens (tertiary/aromatic N) is 4. The number of aryl methyl sites for hydroxylation is 1. The van der Waals surface area contributed by atoms with Crippen molar-refractivity contribution in [3.8, 4) is 23.2 Å². The van der Waals surface area contributed by atoms with Crippen molar-refractivity contribution in [2.75, 3.05) is 56.6 Å². The van der Waals surface area contributed by atoms with Gasteiger partial charge in [-0.3, -0.25) is 9.69 Å². The third-order valence-electron chi connectivity index (χ3n) is 7.28. The second kappa shape index (κ2) is 12.1. The molecule has 1 aliphatic heterocycles. The van der Waals surface area contributed by atoms with E-state index < -0.39 is 6.10 Å². The molecule has 10 nitrogen and oxygen atoms in total. The van der Waals surface area contributed by atoms with Crippen LogP contribution in [0.1, 0.15) is 23.7 Å². The standard InChI is InChI=1S/C29H32BrN7O3/c1-18-14-20(37-12-10-36(11-13-37)9-3-7-31)16-23-27(18)35-28(34-23)26-22(6-8-32-29(26)39)33-17-24(38)19-4-5-25(40-2)21(30)15-19/h4-6,8,14-16,24,38H,3,9-13,17H2,1-2H3,(H,34,35)(H2,32,33,39)/t24-/m1/s1. The quantitative estimate of drug-likeness (QED) is 0.223. The predicted molar refractivity (Wildman–Crippen MR) is 160 cm³/mol. The molecule has 1 saturated heterocycles. The number of aliphatic hydroxyl groups is 1. The first-order chi connectivity index (χ1) is 19.4. The lowest BCUT2D eigenvalue weighted by atomic mass is 10.1. The average molecular weight is 607 g/mol. The number of pyridine rings is 1. The van der Waals surface area contributed by atoms with Gasteiger partial charge in [-0.2, -0.15) is 5.26 Å². The first-order valence-electron chi connectivity index (χ1n) is 13.2. The molecular formula is C29H32BrN7O3. The van der Waals surface area contributed by atoms with Gasteiger partial charge in [0, 0.05) is 57.6 Å². The summed E-state index contributed by atoms with van der Waals surface area (Å²) in [4.78, 5) is 28.6. The number of fused-ring (bicyclic) bond motifs is 1. The van der Waals surface area contributed by atoms with E-state index in [1.54, 1.807) is 31.5 Å². The number of hydrogen-bond acceptors (Lipinski definition) is 8. The van der Waals surface area contributed by atoms with Crippen LogP contribution in [0.25, 0.3) is 22.4 Å². The Hall–Kier alpha value is -3.85. The number of hydrogen-bond donors (Lipinski definition) is 4. The van der Waals surface area contributed by atoms with Gasteiger partial charge in [-0.05, 0) is 64.3 Å². The highest BCUT2D eigenvalue weighted by molar-refractivity contribution is 9.10. The summed E-state index contributed by atoms with van der Waals surface area (Å²) in [5, 5.41) is 22.9. The molecule has 2 aromatic carbocycles. The number of nitrogens with one attached hydrogen (secondary N) is 3. The lowest BCUT2D eigenvalue weighted by molar-refractivity contribution is 0.191. The minimum absolute atomic E-state index is 0.193. The zero-order chi connectivity index (χ0) is 28.2. The number of benzene rings is 2. The fourth-order valence-corrected chi connectivity index (χ4v) is 5.64. The van der Waals surface area contributed by atoms with E-state index in [4.69, 9.17) is 15.0 Å². The third-order valence-corrected chi connectivity index (χ3v) is 7.90. The molecule has 0 aliphatic carbocycles. The number of nitriles is 1. The van der Waals surface area contributed by atoms with Crippen molar-refractivity contribution in [1.29, 1.82) is 5.26 Å². The number of aromatic nitrogens is 3. The van der Waals surface area contributed by atoms with Crippen LogP contribution in [0.3, 0.4) is 0 Å². The van der Waals surface area contributed by atoms with E-state index >= 15 is 0 Å². The molecule has 0 saturated carbocycles. The molecule has 2 aromatic heterocycles. The Balaban J connectivity index is 1.37. The fraction of sp³-hybridized carbons (Fsp3) is 0.345. The number of H-pyrrole nitrogens is 2. The van der Waals surface area contributed by atoms with Crippen LogP contribution in [0, 0.1) is 18.3 Å². The molecule has 1 aliphatic rings. The van der Waals surface area contributed by atoms with Crippen molar-refractivity contribution >= 4 is 38.3 Å². The second-order valence-electron chi connectivity index (χ2n) is 9.87. The van der Waals surface area contributed by atoms with E-state index in [2.05, 4.69) is 59.2 Å². The molecule has 0 radical (unpaired) electrons. The highest BCUT2D eigenvalue weighted by Gasteiger charge is 2.20. The minimum atomic E-state index is -0.810. The first-order valence-corrected chi connectivity index (χ1v) is 14.0. The summed E-state index contributed by atoms with van der Waals surface area (Å²) < 4.78 is 6.02. The van der Waals surface area contributed by atoms with Crippen molar-refractivity contribution in [3.63, 3.8) is 0 Å². The summed E-state index contributed by atoms with van der Waals surface area (Å²) in [5.41, 5.74) is 5.17. The maximum Gasteiger partial charge on any atom is 0.261 e. The van der Waals surface area contributed by atoms with Crippen LogP contribution in [0.15, 0.2) is 51.9 Å². The predicted octanol–water partition coefficient (Wildman–Crippen LogP) is 4.18. The highest BCUT2D eigenvalue weighted by atomic mass is 79.9. The molecule has 5 rings (SSSR count). The van der Waals surface area contributed by atoms with Crippen LogP contribution in [0.2, 0.25) is 0 Å². The molecule has 0 amide bonds. The van der Waals surface area contributed by atoms with Crippen LogP contribution in [0.5, 0.6) is 5.75 Å². The average Bonchev–Trinajstić information content (AvgIpc) is 3.39. The lowest BCUT2D eigenvalue weighted by Gasteiger charge is -2.35.